The van der Waals surface area contributed by atoms with Crippen molar-refractivity contribution >= 4 is 11.9 Å². The molecule has 1 N–H and O–H groups in total. The van der Waals surface area contributed by atoms with Crippen LogP contribution in [0, 0.1) is 17.2 Å². The van der Waals surface area contributed by atoms with E-state index in [1.807, 2.05) is 13.8 Å². The van der Waals surface area contributed by atoms with Crippen LogP contribution in [0.15, 0.2) is 24.3 Å². The Kier molecular flexibility index (Phi) is 7.91. The van der Waals surface area contributed by atoms with Gasteiger partial charge in [0.2, 0.25) is 0 Å². The summed E-state index contributed by atoms with van der Waals surface area (Å²) in [5.74, 6) is 0.169. The average Bonchev–Trinajstić information content (AvgIpc) is 2.61. The molecule has 0 radical (unpaired) electrons. The lowest BCUT2D eigenvalue weighted by Crippen LogP contribution is -2.52. The Morgan fingerprint density at radius 2 is 1.77 bits per heavy atom. The molecule has 1 aromatic rings. The first-order valence-corrected chi connectivity index (χ1v) is 8.41. The number of nitrogens with zero attached hydrogens (tertiary/aromatic N) is 1. The number of nitriles is 1. The zero-order chi connectivity index (χ0) is 19.7. The second-order valence-corrected chi connectivity index (χ2v) is 6.36. The molecule has 1 aromatic carbocycles. The van der Waals surface area contributed by atoms with Crippen LogP contribution in [-0.4, -0.2) is 37.2 Å². The maximum absolute atomic E-state index is 12.1. The molecule has 0 aliphatic carbocycles. The van der Waals surface area contributed by atoms with Crippen LogP contribution in [0.4, 0.5) is 0 Å². The molecule has 7 heteroatoms. The van der Waals surface area contributed by atoms with Gasteiger partial charge in [0.1, 0.15) is 17.0 Å². The number of hydrogen-bond acceptors (Lipinski definition) is 6. The van der Waals surface area contributed by atoms with Crippen molar-refractivity contribution in [2.75, 3.05) is 13.7 Å². The Hall–Kier alpha value is -2.75. The third-order valence-corrected chi connectivity index (χ3v) is 4.08. The van der Waals surface area contributed by atoms with E-state index in [0.29, 0.717) is 11.5 Å². The lowest BCUT2D eigenvalue weighted by Gasteiger charge is -2.28. The van der Waals surface area contributed by atoms with Crippen LogP contribution < -0.4 is 14.8 Å². The highest BCUT2D eigenvalue weighted by Crippen LogP contribution is 2.17. The minimum Gasteiger partial charge on any atom is -0.497 e. The standard InChI is InChI=1S/C19H26N2O5/c1-13(2)19(4,12-20)21-18(23)14(3)26-17(22)10-11-25-16-8-6-15(24-5)7-9-16/h6-9,13-14H,10-11H2,1-5H3,(H,21,23). The van der Waals surface area contributed by atoms with Gasteiger partial charge in [-0.15, -0.1) is 0 Å². The monoisotopic (exact) mass is 362 g/mol. The van der Waals surface area contributed by atoms with E-state index in [1.165, 1.54) is 6.92 Å². The van der Waals surface area contributed by atoms with E-state index in [0.717, 1.165) is 0 Å². The fraction of sp³-hybridized carbons (Fsp3) is 0.526. The van der Waals surface area contributed by atoms with Gasteiger partial charge in [-0.1, -0.05) is 13.8 Å². The second kappa shape index (κ2) is 9.66. The zero-order valence-corrected chi connectivity index (χ0v) is 15.9. The van der Waals surface area contributed by atoms with Crippen molar-refractivity contribution < 1.29 is 23.8 Å². The maximum Gasteiger partial charge on any atom is 0.310 e. The number of carbonyl (C=O) groups excluding carboxylic acids is 2. The molecule has 2 unspecified atom stereocenters. The van der Waals surface area contributed by atoms with Crippen LogP contribution in [-0.2, 0) is 14.3 Å². The number of benzene rings is 1. The molecule has 7 nitrogen and oxygen atoms in total. The Morgan fingerprint density at radius 1 is 1.19 bits per heavy atom. The van der Waals surface area contributed by atoms with Crippen molar-refractivity contribution in [2.45, 2.75) is 45.8 Å². The fourth-order valence-electron chi connectivity index (χ4n) is 1.89. The molecule has 0 aliphatic rings. The maximum atomic E-state index is 12.1. The van der Waals surface area contributed by atoms with Gasteiger partial charge >= 0.3 is 5.97 Å². The summed E-state index contributed by atoms with van der Waals surface area (Å²) in [6.45, 7) is 6.89. The average molecular weight is 362 g/mol. The third-order valence-electron chi connectivity index (χ3n) is 4.08. The predicted molar refractivity (Wildman–Crippen MR) is 95.7 cm³/mol. The number of hydrogen-bond donors (Lipinski definition) is 1. The van der Waals surface area contributed by atoms with Gasteiger partial charge in [-0.2, -0.15) is 5.26 Å². The van der Waals surface area contributed by atoms with E-state index >= 15 is 0 Å². The van der Waals surface area contributed by atoms with Gasteiger partial charge in [0.05, 0.1) is 26.2 Å². The number of methoxy groups -OCH3 is 1. The largest absolute Gasteiger partial charge is 0.497 e. The summed E-state index contributed by atoms with van der Waals surface area (Å²) < 4.78 is 15.6. The van der Waals surface area contributed by atoms with Crippen molar-refractivity contribution in [3.05, 3.63) is 24.3 Å². The Bertz CT molecular complexity index is 651. The molecule has 0 saturated carbocycles. The fourth-order valence-corrected chi connectivity index (χ4v) is 1.89. The van der Waals surface area contributed by atoms with Gasteiger partial charge in [0, 0.05) is 0 Å². The molecule has 2 atom stereocenters. The van der Waals surface area contributed by atoms with E-state index < -0.39 is 23.5 Å². The lowest BCUT2D eigenvalue weighted by molar-refractivity contribution is -0.155. The molecule has 0 spiro atoms. The SMILES string of the molecule is COc1ccc(OCCC(=O)OC(C)C(=O)NC(C)(C#N)C(C)C)cc1. The Labute approximate surface area is 154 Å². The smallest absolute Gasteiger partial charge is 0.310 e. The quantitative estimate of drug-likeness (QED) is 0.678. The summed E-state index contributed by atoms with van der Waals surface area (Å²) in [7, 11) is 1.57. The first-order valence-electron chi connectivity index (χ1n) is 8.41. The molecule has 0 aliphatic heterocycles. The molecular weight excluding hydrogens is 336 g/mol. The van der Waals surface area contributed by atoms with Crippen LogP contribution >= 0.6 is 0 Å². The van der Waals surface area contributed by atoms with E-state index in [9.17, 15) is 14.9 Å². The van der Waals surface area contributed by atoms with Crippen LogP contribution in [0.1, 0.15) is 34.1 Å². The summed E-state index contributed by atoms with van der Waals surface area (Å²) in [6, 6.07) is 9.04. The molecule has 1 rings (SSSR count). The van der Waals surface area contributed by atoms with Crippen molar-refractivity contribution in [3.63, 3.8) is 0 Å². The summed E-state index contributed by atoms with van der Waals surface area (Å²) >= 11 is 0. The van der Waals surface area contributed by atoms with Gasteiger partial charge in [-0.3, -0.25) is 9.59 Å². The predicted octanol–water partition coefficient (Wildman–Crippen LogP) is 2.45. The molecule has 142 valence electrons. The van der Waals surface area contributed by atoms with Gasteiger partial charge in [-0.25, -0.2) is 0 Å². The number of rotatable bonds is 9. The first-order chi connectivity index (χ1) is 12.2. The molecule has 0 heterocycles. The topological polar surface area (TPSA) is 97.7 Å². The molecule has 1 amide bonds. The Balaban J connectivity index is 2.41. The number of amides is 1. The highest BCUT2D eigenvalue weighted by molar-refractivity contribution is 5.84. The number of carbonyl (C=O) groups is 2. The number of nitrogens with one attached hydrogen (secondary N) is 1. The summed E-state index contributed by atoms with van der Waals surface area (Å²) in [5, 5.41) is 11.8. The third kappa shape index (κ3) is 6.28. The van der Waals surface area contributed by atoms with Gasteiger partial charge in [0.15, 0.2) is 6.10 Å². The zero-order valence-electron chi connectivity index (χ0n) is 15.9. The number of esters is 1. The molecule has 0 bridgehead atoms. The van der Waals surface area contributed by atoms with E-state index in [-0.39, 0.29) is 18.9 Å². The molecule has 26 heavy (non-hydrogen) atoms. The first kappa shape index (κ1) is 21.3. The second-order valence-electron chi connectivity index (χ2n) is 6.36. The van der Waals surface area contributed by atoms with Gasteiger partial charge in [0.25, 0.3) is 5.91 Å². The van der Waals surface area contributed by atoms with Crippen molar-refractivity contribution in [1.29, 1.82) is 5.26 Å². The Morgan fingerprint density at radius 3 is 2.27 bits per heavy atom. The minimum absolute atomic E-state index is 0.00332. The molecule has 0 saturated heterocycles. The minimum atomic E-state index is -1.02. The van der Waals surface area contributed by atoms with Crippen molar-refractivity contribution in [1.82, 2.24) is 5.32 Å². The number of ether oxygens (including phenoxy) is 3. The van der Waals surface area contributed by atoms with E-state index in [2.05, 4.69) is 11.4 Å². The molecular formula is C19H26N2O5. The summed E-state index contributed by atoms with van der Waals surface area (Å²) in [6.07, 6.45) is -0.988. The molecule has 0 aromatic heterocycles. The van der Waals surface area contributed by atoms with Crippen LogP contribution in [0.25, 0.3) is 0 Å². The van der Waals surface area contributed by atoms with Gasteiger partial charge < -0.3 is 19.5 Å². The van der Waals surface area contributed by atoms with Crippen LogP contribution in [0.3, 0.4) is 0 Å². The summed E-state index contributed by atoms with van der Waals surface area (Å²) in [4.78, 5) is 24.0. The van der Waals surface area contributed by atoms with Gasteiger partial charge in [-0.05, 0) is 44.0 Å². The highest BCUT2D eigenvalue weighted by atomic mass is 16.5. The van der Waals surface area contributed by atoms with Crippen LogP contribution in [0.5, 0.6) is 11.5 Å². The summed E-state index contributed by atoms with van der Waals surface area (Å²) in [5.41, 5.74) is -1.02. The van der Waals surface area contributed by atoms with E-state index in [1.54, 1.807) is 38.3 Å². The van der Waals surface area contributed by atoms with Crippen LogP contribution in [0.2, 0.25) is 0 Å². The lowest BCUT2D eigenvalue weighted by atomic mass is 9.90. The highest BCUT2D eigenvalue weighted by Gasteiger charge is 2.32. The normalized spacial score (nSPS) is 13.9. The van der Waals surface area contributed by atoms with Crippen molar-refractivity contribution in [2.24, 2.45) is 5.92 Å². The molecule has 0 fully saturated rings. The van der Waals surface area contributed by atoms with Crippen molar-refractivity contribution in [3.8, 4) is 17.6 Å². The van der Waals surface area contributed by atoms with E-state index in [4.69, 9.17) is 14.2 Å².